The Morgan fingerprint density at radius 1 is 1.00 bits per heavy atom. The van der Waals surface area contributed by atoms with Gasteiger partial charge in [-0.15, -0.1) is 0 Å². The molecule has 2 aromatic rings. The predicted octanol–water partition coefficient (Wildman–Crippen LogP) is 10.1. The van der Waals surface area contributed by atoms with Crippen molar-refractivity contribution in [3.63, 3.8) is 0 Å². The van der Waals surface area contributed by atoms with Crippen LogP contribution in [-0.4, -0.2) is 29.8 Å². The highest BCUT2D eigenvalue weighted by atomic mass is 19.1. The molecule has 1 heterocycles. The summed E-state index contributed by atoms with van der Waals surface area (Å²) in [6, 6.07) is 10.8. The molecule has 2 aromatic carbocycles. The number of carboxylic acids is 1. The molecule has 4 atom stereocenters. The van der Waals surface area contributed by atoms with Gasteiger partial charge in [0.1, 0.15) is 5.82 Å². The number of fused-ring (bicyclic) bond motifs is 1. The van der Waals surface area contributed by atoms with Gasteiger partial charge in [0.2, 0.25) is 12.7 Å². The average molecular weight is 658 g/mol. The van der Waals surface area contributed by atoms with Crippen LogP contribution in [0.2, 0.25) is 0 Å². The Labute approximate surface area is 285 Å². The van der Waals surface area contributed by atoms with Gasteiger partial charge in [0.15, 0.2) is 11.5 Å². The zero-order valence-corrected chi connectivity index (χ0v) is 28.8. The normalized spacial score (nSPS) is 24.6. The van der Waals surface area contributed by atoms with Crippen molar-refractivity contribution in [2.75, 3.05) is 11.7 Å². The number of hydrogen-bond donors (Lipinski definition) is 1. The van der Waals surface area contributed by atoms with Crippen molar-refractivity contribution >= 4 is 17.6 Å². The Kier molecular flexibility index (Phi) is 12.5. The fourth-order valence-electron chi connectivity index (χ4n) is 8.06. The molecule has 48 heavy (non-hydrogen) atoms. The van der Waals surface area contributed by atoms with Gasteiger partial charge in [0.05, 0.1) is 5.92 Å². The molecule has 5 rings (SSSR count). The maximum absolute atomic E-state index is 14.5. The summed E-state index contributed by atoms with van der Waals surface area (Å²) in [6.07, 6.45) is 20.2. The molecule has 1 unspecified atom stereocenters. The van der Waals surface area contributed by atoms with Crippen molar-refractivity contribution in [2.45, 2.75) is 110 Å². The molecule has 1 saturated carbocycles. The van der Waals surface area contributed by atoms with E-state index >= 15 is 0 Å². The van der Waals surface area contributed by atoms with Crippen LogP contribution >= 0.6 is 0 Å². The summed E-state index contributed by atoms with van der Waals surface area (Å²) in [4.78, 5) is 29.6. The minimum absolute atomic E-state index is 0.00130. The fourth-order valence-corrected chi connectivity index (χ4v) is 8.06. The lowest BCUT2D eigenvalue weighted by Crippen LogP contribution is -2.41. The summed E-state index contributed by atoms with van der Waals surface area (Å²) in [6.45, 7) is 6.16. The van der Waals surface area contributed by atoms with Crippen molar-refractivity contribution in [3.8, 4) is 11.5 Å². The van der Waals surface area contributed by atoms with Gasteiger partial charge in [0, 0.05) is 18.2 Å². The summed E-state index contributed by atoms with van der Waals surface area (Å²) in [5.74, 6) is -0.607. The zero-order chi connectivity index (χ0) is 34.0. The number of nitrogens with zero attached hydrogens (tertiary/aromatic N) is 1. The lowest BCUT2D eigenvalue weighted by atomic mass is 9.74. The molecule has 3 aliphatic rings. The molecule has 0 spiro atoms. The lowest BCUT2D eigenvalue weighted by Gasteiger charge is -2.34. The molecule has 6 nitrogen and oxygen atoms in total. The van der Waals surface area contributed by atoms with Crippen LogP contribution in [0, 0.1) is 30.5 Å². The average Bonchev–Trinajstić information content (AvgIpc) is 3.44. The molecule has 1 N–H and O–H groups in total. The number of aliphatic carboxylic acids is 1. The zero-order valence-electron chi connectivity index (χ0n) is 28.8. The lowest BCUT2D eigenvalue weighted by molar-refractivity contribution is -0.144. The van der Waals surface area contributed by atoms with Gasteiger partial charge in [0.25, 0.3) is 0 Å². The highest BCUT2D eigenvalue weighted by molar-refractivity contribution is 5.94. The standard InChI is InChI=1S/C41H52FNO5/c1-4-11-33(12-5-2)43(34-20-21-36(42)28(3)23-34)39(44)25-30-16-18-31(17-15-29-13-9-7-6-8-10-14-29)40(41(45)46)35(24-30)32-19-22-37-38(26-32)48-27-47-37/h6-9,13,19-23,26,30-31,33,35,40H,4-5,10-12,14-18,24-25,27H2,1-3H3,(H,45,46)/b8-6-,9-7-,29-13+/t30?,31-,35-,40+/m1/s1. The van der Waals surface area contributed by atoms with E-state index in [1.807, 2.05) is 29.2 Å². The highest BCUT2D eigenvalue weighted by Gasteiger charge is 2.41. The molecule has 2 aliphatic carbocycles. The first-order chi connectivity index (χ1) is 23.3. The molecule has 7 heteroatoms. The summed E-state index contributed by atoms with van der Waals surface area (Å²) in [7, 11) is 0. The third-order valence-electron chi connectivity index (χ3n) is 10.5. The molecule has 0 radical (unpaired) electrons. The third kappa shape index (κ3) is 8.77. The van der Waals surface area contributed by atoms with E-state index in [-0.39, 0.29) is 42.3 Å². The molecule has 1 aliphatic heterocycles. The number of aryl methyl sites for hydroxylation is 1. The first-order valence-corrected chi connectivity index (χ1v) is 18.0. The number of anilines is 1. The van der Waals surface area contributed by atoms with Crippen LogP contribution in [0.5, 0.6) is 11.5 Å². The van der Waals surface area contributed by atoms with Crippen molar-refractivity contribution in [1.29, 1.82) is 0 Å². The molecule has 1 fully saturated rings. The maximum Gasteiger partial charge on any atom is 0.307 e. The number of carbonyl (C=O) groups excluding carboxylic acids is 1. The van der Waals surface area contributed by atoms with E-state index in [0.717, 1.165) is 75.5 Å². The van der Waals surface area contributed by atoms with Crippen molar-refractivity contribution < 1.29 is 28.6 Å². The molecular formula is C41H52FNO5. The number of halogens is 1. The summed E-state index contributed by atoms with van der Waals surface area (Å²) in [5.41, 5.74) is 3.53. The van der Waals surface area contributed by atoms with Crippen LogP contribution in [0.15, 0.2) is 72.4 Å². The Hall–Kier alpha value is -3.87. The van der Waals surface area contributed by atoms with Crippen molar-refractivity contribution in [1.82, 2.24) is 0 Å². The number of hydrogen-bond acceptors (Lipinski definition) is 4. The molecule has 0 bridgehead atoms. The highest BCUT2D eigenvalue weighted by Crippen LogP contribution is 2.47. The van der Waals surface area contributed by atoms with Crippen LogP contribution in [0.25, 0.3) is 0 Å². The Balaban J connectivity index is 1.45. The second kappa shape index (κ2) is 17.0. The van der Waals surface area contributed by atoms with E-state index in [1.165, 1.54) is 11.6 Å². The first-order valence-electron chi connectivity index (χ1n) is 18.0. The monoisotopic (exact) mass is 657 g/mol. The molecule has 0 saturated heterocycles. The number of allylic oxidation sites excluding steroid dienone is 6. The first kappa shape index (κ1) is 35.4. The van der Waals surface area contributed by atoms with Crippen LogP contribution in [0.4, 0.5) is 10.1 Å². The molecule has 1 amide bonds. The van der Waals surface area contributed by atoms with Crippen LogP contribution in [0.1, 0.15) is 108 Å². The predicted molar refractivity (Wildman–Crippen MR) is 189 cm³/mol. The Morgan fingerprint density at radius 2 is 1.79 bits per heavy atom. The van der Waals surface area contributed by atoms with Gasteiger partial charge < -0.3 is 19.5 Å². The molecule has 258 valence electrons. The number of amides is 1. The third-order valence-corrected chi connectivity index (χ3v) is 10.5. The Morgan fingerprint density at radius 3 is 2.54 bits per heavy atom. The Bertz CT molecular complexity index is 1510. The van der Waals surface area contributed by atoms with E-state index < -0.39 is 11.9 Å². The number of benzene rings is 2. The number of carbonyl (C=O) groups is 2. The van der Waals surface area contributed by atoms with E-state index in [4.69, 9.17) is 9.47 Å². The number of rotatable bonds is 13. The van der Waals surface area contributed by atoms with Crippen LogP contribution < -0.4 is 14.4 Å². The quantitative estimate of drug-likeness (QED) is 0.217. The van der Waals surface area contributed by atoms with E-state index in [0.29, 0.717) is 29.9 Å². The van der Waals surface area contributed by atoms with E-state index in [1.54, 1.807) is 19.1 Å². The van der Waals surface area contributed by atoms with Gasteiger partial charge in [-0.3, -0.25) is 9.59 Å². The minimum atomic E-state index is -0.779. The van der Waals surface area contributed by atoms with Gasteiger partial charge in [-0.1, -0.05) is 68.7 Å². The van der Waals surface area contributed by atoms with Gasteiger partial charge >= 0.3 is 5.97 Å². The van der Waals surface area contributed by atoms with Crippen molar-refractivity contribution in [2.24, 2.45) is 17.8 Å². The fraction of sp³-hybridized carbons (Fsp3) is 0.512. The smallest absolute Gasteiger partial charge is 0.307 e. The molecule has 0 aromatic heterocycles. The minimum Gasteiger partial charge on any atom is -0.481 e. The van der Waals surface area contributed by atoms with Gasteiger partial charge in [-0.25, -0.2) is 4.39 Å². The van der Waals surface area contributed by atoms with Crippen LogP contribution in [-0.2, 0) is 9.59 Å². The van der Waals surface area contributed by atoms with Crippen LogP contribution in [0.3, 0.4) is 0 Å². The number of ether oxygens (including phenoxy) is 2. The summed E-state index contributed by atoms with van der Waals surface area (Å²) < 4.78 is 25.6. The van der Waals surface area contributed by atoms with Gasteiger partial charge in [-0.2, -0.15) is 0 Å². The maximum atomic E-state index is 14.5. The van der Waals surface area contributed by atoms with Gasteiger partial charge in [-0.05, 0) is 124 Å². The largest absolute Gasteiger partial charge is 0.481 e. The molecular weight excluding hydrogens is 605 g/mol. The second-order valence-corrected chi connectivity index (χ2v) is 13.9. The van der Waals surface area contributed by atoms with Crippen molar-refractivity contribution in [3.05, 3.63) is 89.3 Å². The van der Waals surface area contributed by atoms with E-state index in [9.17, 15) is 19.1 Å². The topological polar surface area (TPSA) is 76.1 Å². The number of carboxylic acid groups (broad SMARTS) is 1. The summed E-state index contributed by atoms with van der Waals surface area (Å²) >= 11 is 0. The second-order valence-electron chi connectivity index (χ2n) is 13.9. The summed E-state index contributed by atoms with van der Waals surface area (Å²) in [5, 5.41) is 10.8. The SMILES string of the molecule is CCCC(CCC)N(C(=O)CC1CC[C@@H](CC/C2=C/C=C\C=C/CC2)[C@H](C(=O)O)[C@@H](c2ccc3c(c2)OCO3)C1)c1ccc(F)c(C)c1. The van der Waals surface area contributed by atoms with E-state index in [2.05, 4.69) is 38.2 Å².